The van der Waals surface area contributed by atoms with Crippen molar-refractivity contribution in [3.05, 3.63) is 0 Å². The first-order valence-corrected chi connectivity index (χ1v) is 10.6. The minimum atomic E-state index is -2.36. The Morgan fingerprint density at radius 2 is 1.12 bits per heavy atom. The molecule has 16 heteroatoms. The molecule has 11 N–H and O–H groups in total. The molecule has 14 atom stereocenters. The van der Waals surface area contributed by atoms with Crippen molar-refractivity contribution in [2.24, 2.45) is 0 Å². The van der Waals surface area contributed by atoms with Crippen LogP contribution in [0.1, 0.15) is 0 Å². The van der Waals surface area contributed by atoms with Crippen molar-refractivity contribution in [2.45, 2.75) is 85.5 Å². The second-order valence-electron chi connectivity index (χ2n) is 8.41. The molecule has 0 aromatic heterocycles. The fraction of sp³-hybridized carbons (Fsp3) is 1.00. The van der Waals surface area contributed by atoms with Crippen molar-refractivity contribution < 1.29 is 79.9 Å². The Kier molecular flexibility index (Phi) is 9.18. The van der Waals surface area contributed by atoms with E-state index < -0.39 is 112 Å². The Morgan fingerprint density at radius 1 is 0.588 bits per heavy atom. The lowest BCUT2D eigenvalue weighted by molar-refractivity contribution is -0.388. The fourth-order valence-electron chi connectivity index (χ4n) is 4.01. The number of hydrogen-bond acceptors (Lipinski definition) is 16. The van der Waals surface area contributed by atoms with Gasteiger partial charge in [0.05, 0.1) is 19.8 Å². The highest BCUT2D eigenvalue weighted by Crippen LogP contribution is 2.36. The lowest BCUT2D eigenvalue weighted by Gasteiger charge is -2.44. The zero-order valence-corrected chi connectivity index (χ0v) is 17.8. The van der Waals surface area contributed by atoms with Crippen molar-refractivity contribution >= 4 is 0 Å². The van der Waals surface area contributed by atoms with Gasteiger partial charge in [0.25, 0.3) is 0 Å². The summed E-state index contributed by atoms with van der Waals surface area (Å²) in [6.45, 7) is -3.14. The smallest absolute Gasteiger partial charge is 0.224 e. The lowest BCUT2D eigenvalue weighted by Crippen LogP contribution is -2.63. The van der Waals surface area contributed by atoms with E-state index in [4.69, 9.17) is 23.7 Å². The second-order valence-corrected chi connectivity index (χ2v) is 8.41. The third kappa shape index (κ3) is 5.09. The summed E-state index contributed by atoms with van der Waals surface area (Å²) in [7, 11) is 0. The topological polar surface area (TPSA) is 269 Å². The molecule has 0 unspecified atom stereocenters. The van der Waals surface area contributed by atoms with Crippen LogP contribution in [0.5, 0.6) is 0 Å². The van der Waals surface area contributed by atoms with Crippen LogP contribution in [0.25, 0.3) is 0 Å². The molecule has 16 nitrogen and oxygen atoms in total. The molecule has 3 heterocycles. The quantitative estimate of drug-likeness (QED) is 0.146. The maximum absolute atomic E-state index is 10.3. The van der Waals surface area contributed by atoms with Crippen LogP contribution < -0.4 is 0 Å². The lowest BCUT2D eigenvalue weighted by atomic mass is 9.98. The molecule has 0 bridgehead atoms. The first-order valence-electron chi connectivity index (χ1n) is 10.6. The van der Waals surface area contributed by atoms with Gasteiger partial charge in [0, 0.05) is 0 Å². The van der Waals surface area contributed by atoms with E-state index in [1.165, 1.54) is 0 Å². The Morgan fingerprint density at radius 3 is 1.65 bits per heavy atom. The minimum absolute atomic E-state index is 0.634. The maximum atomic E-state index is 10.3. The molecule has 0 aliphatic carbocycles. The van der Waals surface area contributed by atoms with Crippen LogP contribution >= 0.6 is 0 Å². The van der Waals surface area contributed by atoms with Crippen molar-refractivity contribution in [2.75, 3.05) is 26.4 Å². The molecule has 0 spiro atoms. The molecule has 3 aliphatic heterocycles. The molecule has 3 aliphatic rings. The summed E-state index contributed by atoms with van der Waals surface area (Å²) in [4.78, 5) is 0. The van der Waals surface area contributed by atoms with Crippen molar-refractivity contribution in [1.82, 2.24) is 0 Å². The van der Waals surface area contributed by atoms with Crippen LogP contribution in [0.2, 0.25) is 0 Å². The van der Waals surface area contributed by atoms with Crippen LogP contribution in [0.3, 0.4) is 0 Å². The molecule has 3 fully saturated rings. The van der Waals surface area contributed by atoms with Crippen LogP contribution in [0.15, 0.2) is 0 Å². The fourth-order valence-corrected chi connectivity index (χ4v) is 4.01. The van der Waals surface area contributed by atoms with E-state index in [9.17, 15) is 56.2 Å². The molecule has 0 aromatic rings. The number of ether oxygens (including phenoxy) is 5. The monoisotopic (exact) mass is 504 g/mol. The third-order valence-corrected chi connectivity index (χ3v) is 6.16. The summed E-state index contributed by atoms with van der Waals surface area (Å²) in [6.07, 6.45) is -21.8. The van der Waals surface area contributed by atoms with E-state index in [1.54, 1.807) is 0 Å². The Bertz CT molecular complexity index is 653. The van der Waals surface area contributed by atoms with E-state index in [0.29, 0.717) is 0 Å². The molecule has 0 aromatic carbocycles. The number of aliphatic hydroxyl groups excluding tert-OH is 11. The zero-order valence-electron chi connectivity index (χ0n) is 17.8. The number of aliphatic hydroxyl groups is 11. The maximum Gasteiger partial charge on any atom is 0.224 e. The predicted octanol–water partition coefficient (Wildman–Crippen LogP) is -7.57. The van der Waals surface area contributed by atoms with Gasteiger partial charge in [0.2, 0.25) is 5.79 Å². The molecule has 34 heavy (non-hydrogen) atoms. The molecule has 0 amide bonds. The van der Waals surface area contributed by atoms with Gasteiger partial charge in [-0.3, -0.25) is 0 Å². The van der Waals surface area contributed by atoms with Gasteiger partial charge in [0.1, 0.15) is 73.8 Å². The standard InChI is InChI=1S/C18H32O16/c19-1-5-8(22)11(25)13(27)16(31-5)30-3-7-9(23)12(26)14(28)17(32-7)34-18(4-21)15(29)10(24)6(2-20)33-18/h5-17,19-29H,1-4H2/t5-,6-,7-,8+,9-,10-,11+,12+,13-,14-,15+,16-,17-,18+/m1/s1. The highest BCUT2D eigenvalue weighted by atomic mass is 16.8. The van der Waals surface area contributed by atoms with E-state index in [-0.39, 0.29) is 0 Å². The summed E-state index contributed by atoms with van der Waals surface area (Å²) in [5.41, 5.74) is 0. The second kappa shape index (κ2) is 11.2. The summed E-state index contributed by atoms with van der Waals surface area (Å²) in [5, 5.41) is 109. The molecule has 0 radical (unpaired) electrons. The molecular weight excluding hydrogens is 472 g/mol. The minimum Gasteiger partial charge on any atom is -0.394 e. The number of rotatable bonds is 8. The normalized spacial score (nSPS) is 52.1. The summed E-state index contributed by atoms with van der Waals surface area (Å²) in [5.74, 6) is -2.36. The predicted molar refractivity (Wildman–Crippen MR) is 101 cm³/mol. The summed E-state index contributed by atoms with van der Waals surface area (Å²) in [6, 6.07) is 0. The Hall–Kier alpha value is -0.640. The van der Waals surface area contributed by atoms with E-state index in [2.05, 4.69) is 0 Å². The van der Waals surface area contributed by atoms with E-state index in [0.717, 1.165) is 0 Å². The summed E-state index contributed by atoms with van der Waals surface area (Å²) < 4.78 is 26.4. The van der Waals surface area contributed by atoms with Gasteiger partial charge < -0.3 is 79.9 Å². The highest BCUT2D eigenvalue weighted by molar-refractivity contribution is 4.98. The van der Waals surface area contributed by atoms with Gasteiger partial charge in [-0.15, -0.1) is 0 Å². The average molecular weight is 504 g/mol. The molecular formula is C18H32O16. The van der Waals surface area contributed by atoms with E-state index >= 15 is 0 Å². The van der Waals surface area contributed by atoms with Gasteiger partial charge in [0.15, 0.2) is 12.6 Å². The first-order chi connectivity index (χ1) is 16.0. The van der Waals surface area contributed by atoms with Crippen LogP contribution in [0.4, 0.5) is 0 Å². The summed E-state index contributed by atoms with van der Waals surface area (Å²) >= 11 is 0. The molecule has 0 saturated carbocycles. The van der Waals surface area contributed by atoms with Crippen molar-refractivity contribution in [3.63, 3.8) is 0 Å². The van der Waals surface area contributed by atoms with Gasteiger partial charge in [-0.25, -0.2) is 0 Å². The van der Waals surface area contributed by atoms with Gasteiger partial charge in [-0.1, -0.05) is 0 Å². The molecule has 200 valence electrons. The molecule has 3 saturated heterocycles. The number of hydrogen-bond donors (Lipinski definition) is 11. The Labute approximate surface area is 192 Å². The van der Waals surface area contributed by atoms with Gasteiger partial charge in [-0.05, 0) is 0 Å². The van der Waals surface area contributed by atoms with E-state index in [1.807, 2.05) is 0 Å². The third-order valence-electron chi connectivity index (χ3n) is 6.16. The van der Waals surface area contributed by atoms with Crippen LogP contribution in [0, 0.1) is 0 Å². The SMILES string of the molecule is OC[C@H]1O[C@@H](OC[C@H]2O[C@H](O[C@]3(CO)O[C@H](CO)[C@@H](O)[C@@H]3O)[C@H](O)[C@@H](O)[C@@H]2O)[C@H](O)[C@@H](O)[C@H]1O. The Balaban J connectivity index is 1.69. The van der Waals surface area contributed by atoms with Crippen LogP contribution in [-0.4, -0.2) is 168 Å². The van der Waals surface area contributed by atoms with Gasteiger partial charge >= 0.3 is 0 Å². The van der Waals surface area contributed by atoms with Crippen molar-refractivity contribution in [1.29, 1.82) is 0 Å². The zero-order chi connectivity index (χ0) is 25.4. The molecule has 3 rings (SSSR count). The van der Waals surface area contributed by atoms with Gasteiger partial charge in [-0.2, -0.15) is 0 Å². The van der Waals surface area contributed by atoms with Crippen molar-refractivity contribution in [3.8, 4) is 0 Å². The largest absolute Gasteiger partial charge is 0.394 e. The first kappa shape index (κ1) is 27.9. The average Bonchev–Trinajstić information content (AvgIpc) is 3.08. The van der Waals surface area contributed by atoms with Crippen LogP contribution in [-0.2, 0) is 23.7 Å². The highest BCUT2D eigenvalue weighted by Gasteiger charge is 2.58.